The van der Waals surface area contributed by atoms with E-state index in [4.69, 9.17) is 4.42 Å². The van der Waals surface area contributed by atoms with Crippen molar-refractivity contribution in [3.8, 4) is 0 Å². The number of fused-ring (bicyclic) bond motifs is 2. The van der Waals surface area contributed by atoms with Crippen molar-refractivity contribution in [2.45, 2.75) is 32.6 Å². The van der Waals surface area contributed by atoms with Crippen LogP contribution in [0.15, 0.2) is 22.8 Å². The van der Waals surface area contributed by atoms with Crippen LogP contribution in [0.4, 0.5) is 0 Å². The molecule has 0 N–H and O–H groups in total. The summed E-state index contributed by atoms with van der Waals surface area (Å²) in [6.45, 7) is 2.72. The largest absolute Gasteiger partial charge is 0.464 e. The monoisotopic (exact) mass is 257 g/mol. The number of amides is 1. The molecule has 19 heavy (non-hydrogen) atoms. The first kappa shape index (κ1) is 12.3. The molecule has 1 heterocycles. The van der Waals surface area contributed by atoms with Crippen LogP contribution in [0.1, 0.15) is 30.0 Å². The summed E-state index contributed by atoms with van der Waals surface area (Å²) >= 11 is 0. The summed E-state index contributed by atoms with van der Waals surface area (Å²) in [5.74, 6) is 0.144. The molecule has 1 aromatic carbocycles. The third kappa shape index (κ3) is 2.14. The molecule has 3 rings (SSSR count). The maximum absolute atomic E-state index is 12.0. The number of furan rings is 1. The fourth-order valence-electron chi connectivity index (χ4n) is 2.76. The highest BCUT2D eigenvalue weighted by molar-refractivity contribution is 5.88. The molecular weight excluding hydrogens is 238 g/mol. The number of hydrogen-bond acceptors (Lipinski definition) is 2. The van der Waals surface area contributed by atoms with Gasteiger partial charge < -0.3 is 9.32 Å². The molecule has 2 aromatic rings. The van der Waals surface area contributed by atoms with E-state index in [1.54, 1.807) is 11.2 Å². The van der Waals surface area contributed by atoms with Crippen LogP contribution in [-0.2, 0) is 24.1 Å². The van der Waals surface area contributed by atoms with Crippen molar-refractivity contribution >= 4 is 16.9 Å². The smallest absolute Gasteiger partial charge is 0.226 e. The molecule has 0 bridgehead atoms. The van der Waals surface area contributed by atoms with Crippen molar-refractivity contribution in [1.82, 2.24) is 4.90 Å². The number of likely N-dealkylation sites (N-methyl/N-ethyl adjacent to an activating group) is 1. The lowest BCUT2D eigenvalue weighted by molar-refractivity contribution is -0.128. The second-order valence-corrected chi connectivity index (χ2v) is 5.32. The van der Waals surface area contributed by atoms with E-state index in [2.05, 4.69) is 12.1 Å². The van der Waals surface area contributed by atoms with Gasteiger partial charge in [-0.15, -0.1) is 0 Å². The highest BCUT2D eigenvalue weighted by Gasteiger charge is 2.17. The van der Waals surface area contributed by atoms with Crippen LogP contribution in [0.25, 0.3) is 11.0 Å². The Balaban J connectivity index is 1.94. The van der Waals surface area contributed by atoms with Gasteiger partial charge in [-0.3, -0.25) is 4.79 Å². The summed E-state index contributed by atoms with van der Waals surface area (Å²) in [7, 11) is 1.84. The lowest BCUT2D eigenvalue weighted by atomic mass is 10.0. The van der Waals surface area contributed by atoms with Gasteiger partial charge in [0.2, 0.25) is 5.91 Å². The van der Waals surface area contributed by atoms with Crippen molar-refractivity contribution in [1.29, 1.82) is 0 Å². The first-order valence-corrected chi connectivity index (χ1v) is 6.95. The molecule has 0 saturated heterocycles. The summed E-state index contributed by atoms with van der Waals surface area (Å²) in [5, 5.41) is 1.11. The van der Waals surface area contributed by atoms with E-state index in [0.717, 1.165) is 35.9 Å². The quantitative estimate of drug-likeness (QED) is 0.847. The molecule has 0 atom stereocenters. The van der Waals surface area contributed by atoms with Crippen LogP contribution < -0.4 is 0 Å². The summed E-state index contributed by atoms with van der Waals surface area (Å²) in [6.07, 6.45) is 5.70. The Kier molecular flexibility index (Phi) is 3.05. The molecule has 0 aliphatic heterocycles. The predicted octanol–water partition coefficient (Wildman–Crippen LogP) is 2.94. The van der Waals surface area contributed by atoms with E-state index in [-0.39, 0.29) is 5.91 Å². The number of rotatable bonds is 3. The standard InChI is InChI=1S/C16H19NO2/c1-3-17(2)16(18)9-13-10-19-15-8-12-6-4-5-11(12)7-14(13)15/h7-8,10H,3-6,9H2,1-2H3. The Morgan fingerprint density at radius 2 is 2.05 bits per heavy atom. The van der Waals surface area contributed by atoms with Crippen molar-refractivity contribution in [3.63, 3.8) is 0 Å². The fraction of sp³-hybridized carbons (Fsp3) is 0.438. The van der Waals surface area contributed by atoms with Crippen LogP contribution in [-0.4, -0.2) is 24.4 Å². The second-order valence-electron chi connectivity index (χ2n) is 5.32. The lowest BCUT2D eigenvalue weighted by Gasteiger charge is -2.13. The molecule has 0 fully saturated rings. The van der Waals surface area contributed by atoms with Crippen molar-refractivity contribution in [2.24, 2.45) is 0 Å². The second kappa shape index (κ2) is 4.72. The van der Waals surface area contributed by atoms with Crippen LogP contribution in [0.2, 0.25) is 0 Å². The molecular formula is C16H19NO2. The van der Waals surface area contributed by atoms with Gasteiger partial charge in [0.15, 0.2) is 0 Å². The zero-order valence-corrected chi connectivity index (χ0v) is 11.5. The molecule has 0 unspecified atom stereocenters. The summed E-state index contributed by atoms with van der Waals surface area (Å²) < 4.78 is 5.62. The van der Waals surface area contributed by atoms with Gasteiger partial charge >= 0.3 is 0 Å². The van der Waals surface area contributed by atoms with Gasteiger partial charge in [0, 0.05) is 24.5 Å². The van der Waals surface area contributed by atoms with Gasteiger partial charge in [0.05, 0.1) is 12.7 Å². The highest BCUT2D eigenvalue weighted by atomic mass is 16.3. The molecule has 1 aliphatic carbocycles. The normalized spacial score (nSPS) is 13.8. The number of carbonyl (C=O) groups is 1. The van der Waals surface area contributed by atoms with Crippen LogP contribution in [0.5, 0.6) is 0 Å². The van der Waals surface area contributed by atoms with Crippen molar-refractivity contribution in [2.75, 3.05) is 13.6 Å². The molecule has 1 amide bonds. The highest BCUT2D eigenvalue weighted by Crippen LogP contribution is 2.30. The minimum atomic E-state index is 0.144. The number of nitrogens with zero attached hydrogens (tertiary/aromatic N) is 1. The summed E-state index contributed by atoms with van der Waals surface area (Å²) in [4.78, 5) is 13.7. The maximum atomic E-state index is 12.0. The topological polar surface area (TPSA) is 33.5 Å². The minimum Gasteiger partial charge on any atom is -0.464 e. The van der Waals surface area contributed by atoms with E-state index >= 15 is 0 Å². The molecule has 3 heteroatoms. The SMILES string of the molecule is CCN(C)C(=O)Cc1coc2cc3c(cc12)CCC3. The number of benzene rings is 1. The number of carbonyl (C=O) groups excluding carboxylic acids is 1. The van der Waals surface area contributed by atoms with Gasteiger partial charge in [-0.05, 0) is 49.4 Å². The van der Waals surface area contributed by atoms with Crippen molar-refractivity contribution in [3.05, 3.63) is 35.1 Å². The summed E-state index contributed by atoms with van der Waals surface area (Å²) in [5.41, 5.74) is 4.76. The minimum absolute atomic E-state index is 0.144. The zero-order valence-electron chi connectivity index (χ0n) is 11.5. The zero-order chi connectivity index (χ0) is 13.4. The first-order chi connectivity index (χ1) is 9.19. The van der Waals surface area contributed by atoms with E-state index in [1.165, 1.54) is 17.5 Å². The predicted molar refractivity (Wildman–Crippen MR) is 75.3 cm³/mol. The van der Waals surface area contributed by atoms with Gasteiger partial charge in [-0.25, -0.2) is 0 Å². The maximum Gasteiger partial charge on any atom is 0.226 e. The number of hydrogen-bond donors (Lipinski definition) is 0. The molecule has 0 radical (unpaired) electrons. The van der Waals surface area contributed by atoms with Gasteiger partial charge in [0.25, 0.3) is 0 Å². The molecule has 1 aromatic heterocycles. The van der Waals surface area contributed by atoms with Crippen LogP contribution in [0, 0.1) is 0 Å². The van der Waals surface area contributed by atoms with Gasteiger partial charge in [-0.2, -0.15) is 0 Å². The van der Waals surface area contributed by atoms with Crippen molar-refractivity contribution < 1.29 is 9.21 Å². The fourth-order valence-corrected chi connectivity index (χ4v) is 2.76. The Labute approximate surface area is 113 Å². The van der Waals surface area contributed by atoms with E-state index < -0.39 is 0 Å². The third-order valence-electron chi connectivity index (χ3n) is 4.11. The molecule has 1 aliphatic rings. The number of aryl methyl sites for hydroxylation is 2. The lowest BCUT2D eigenvalue weighted by Crippen LogP contribution is -2.27. The van der Waals surface area contributed by atoms with E-state index in [1.807, 2.05) is 14.0 Å². The first-order valence-electron chi connectivity index (χ1n) is 6.95. The Bertz CT molecular complexity index is 627. The Hall–Kier alpha value is -1.77. The molecule has 0 saturated carbocycles. The van der Waals surface area contributed by atoms with Gasteiger partial charge in [0.1, 0.15) is 5.58 Å². The average molecular weight is 257 g/mol. The van der Waals surface area contributed by atoms with Crippen LogP contribution >= 0.6 is 0 Å². The average Bonchev–Trinajstić information content (AvgIpc) is 3.02. The van der Waals surface area contributed by atoms with Gasteiger partial charge in [-0.1, -0.05) is 0 Å². The third-order valence-corrected chi connectivity index (χ3v) is 4.11. The van der Waals surface area contributed by atoms with Crippen LogP contribution in [0.3, 0.4) is 0 Å². The molecule has 100 valence electrons. The van der Waals surface area contributed by atoms with E-state index in [9.17, 15) is 4.79 Å². The molecule has 3 nitrogen and oxygen atoms in total. The Morgan fingerprint density at radius 1 is 1.32 bits per heavy atom. The van der Waals surface area contributed by atoms with E-state index in [0.29, 0.717) is 6.42 Å². The summed E-state index contributed by atoms with van der Waals surface area (Å²) in [6, 6.07) is 4.37. The Morgan fingerprint density at radius 3 is 2.79 bits per heavy atom. The molecule has 0 spiro atoms.